The Balaban J connectivity index is 1.36. The van der Waals surface area contributed by atoms with Gasteiger partial charge in [-0.05, 0) is 112 Å². The fraction of sp³-hybridized carbons (Fsp3) is 0.512. The number of amides is 1. The van der Waals surface area contributed by atoms with E-state index in [1.54, 1.807) is 27.0 Å². The molecule has 2 aromatic carbocycles. The summed E-state index contributed by atoms with van der Waals surface area (Å²) in [5, 5.41) is 7.11. The van der Waals surface area contributed by atoms with Crippen LogP contribution in [0.4, 0.5) is 0 Å². The second kappa shape index (κ2) is 15.4. The maximum Gasteiger partial charge on any atom is 0.264 e. The number of aromatic nitrogens is 3. The van der Waals surface area contributed by atoms with Gasteiger partial charge in [0, 0.05) is 47.3 Å². The van der Waals surface area contributed by atoms with Crippen LogP contribution in [-0.2, 0) is 39.8 Å². The molecule has 2 fully saturated rings. The number of benzene rings is 2. The summed E-state index contributed by atoms with van der Waals surface area (Å²) in [6.07, 6.45) is 12.1. The van der Waals surface area contributed by atoms with Crippen molar-refractivity contribution < 1.29 is 27.5 Å². The number of methoxy groups -OCH3 is 1. The Morgan fingerprint density at radius 1 is 1.04 bits per heavy atom. The smallest absolute Gasteiger partial charge is 0.264 e. The number of hydrogen-bond donors (Lipinski definition) is 1. The van der Waals surface area contributed by atoms with Crippen molar-refractivity contribution in [2.75, 3.05) is 20.3 Å². The molecule has 284 valence electrons. The fourth-order valence-electron chi connectivity index (χ4n) is 8.19. The zero-order valence-corrected chi connectivity index (χ0v) is 32.7. The first-order valence-corrected chi connectivity index (χ1v) is 20.6. The molecule has 1 saturated carbocycles. The molecule has 1 atom stereocenters. The Kier molecular flexibility index (Phi) is 10.9. The minimum absolute atomic E-state index is 0.165. The van der Waals surface area contributed by atoms with Gasteiger partial charge in [0.05, 0.1) is 55.7 Å². The molecule has 0 spiro atoms. The van der Waals surface area contributed by atoms with Gasteiger partial charge in [-0.15, -0.1) is 0 Å². The van der Waals surface area contributed by atoms with Crippen LogP contribution in [0.15, 0.2) is 42.6 Å². The summed E-state index contributed by atoms with van der Waals surface area (Å²) in [6, 6.07) is 12.1. The van der Waals surface area contributed by atoms with Gasteiger partial charge in [0.1, 0.15) is 5.75 Å². The number of hydrogen-bond acceptors (Lipinski definition) is 8. The van der Waals surface area contributed by atoms with Crippen molar-refractivity contribution in [3.63, 3.8) is 0 Å². The van der Waals surface area contributed by atoms with E-state index in [1.807, 2.05) is 41.2 Å². The van der Waals surface area contributed by atoms with Crippen LogP contribution in [0.25, 0.3) is 33.8 Å². The van der Waals surface area contributed by atoms with Crippen LogP contribution >= 0.6 is 0 Å². The lowest BCUT2D eigenvalue weighted by Gasteiger charge is -2.28. The number of sulfonamides is 1. The Hall–Kier alpha value is -3.97. The van der Waals surface area contributed by atoms with Gasteiger partial charge in [0.25, 0.3) is 5.91 Å². The zero-order chi connectivity index (χ0) is 37.4. The molecule has 1 N–H and O–H groups in total. The van der Waals surface area contributed by atoms with Crippen molar-refractivity contribution in [2.45, 2.75) is 109 Å². The van der Waals surface area contributed by atoms with Crippen LogP contribution in [0, 0.1) is 0 Å². The molecule has 3 aliphatic rings. The third-order valence-electron chi connectivity index (χ3n) is 11.1. The Morgan fingerprint density at radius 3 is 2.53 bits per heavy atom. The number of allylic oxidation sites excluding steroid dienone is 1. The van der Waals surface area contributed by atoms with Gasteiger partial charge >= 0.3 is 0 Å². The van der Waals surface area contributed by atoms with E-state index in [2.05, 4.69) is 41.3 Å². The number of hydroxylamine groups is 2. The molecule has 1 saturated heterocycles. The summed E-state index contributed by atoms with van der Waals surface area (Å²) in [7, 11) is -0.163. The first-order chi connectivity index (χ1) is 25.4. The van der Waals surface area contributed by atoms with E-state index in [4.69, 9.17) is 19.4 Å². The summed E-state index contributed by atoms with van der Waals surface area (Å²) in [4.78, 5) is 20.0. The fourth-order valence-corrected chi connectivity index (χ4v) is 8.80. The molecule has 0 radical (unpaired) electrons. The van der Waals surface area contributed by atoms with Crippen molar-refractivity contribution in [2.24, 2.45) is 7.05 Å². The summed E-state index contributed by atoms with van der Waals surface area (Å²) in [5.41, 5.74) is 8.71. The van der Waals surface area contributed by atoms with Crippen LogP contribution in [0.3, 0.4) is 0 Å². The maximum absolute atomic E-state index is 13.5. The average molecular weight is 744 g/mol. The third-order valence-corrected chi connectivity index (χ3v) is 12.8. The molecule has 2 aromatic heterocycles. The van der Waals surface area contributed by atoms with Crippen molar-refractivity contribution >= 4 is 38.5 Å². The highest BCUT2D eigenvalue weighted by atomic mass is 32.2. The highest BCUT2D eigenvalue weighted by Gasteiger charge is 2.32. The monoisotopic (exact) mass is 743 g/mol. The molecule has 1 amide bonds. The lowest BCUT2D eigenvalue weighted by Crippen LogP contribution is -2.37. The quantitative estimate of drug-likeness (QED) is 0.149. The third kappa shape index (κ3) is 7.56. The van der Waals surface area contributed by atoms with Gasteiger partial charge in [0.15, 0.2) is 0 Å². The molecule has 12 heteroatoms. The number of rotatable bonds is 12. The number of carbonyl (C=O) groups excluding carboxylic acids is 1. The van der Waals surface area contributed by atoms with Crippen molar-refractivity contribution in [1.29, 1.82) is 0 Å². The lowest BCUT2D eigenvalue weighted by atomic mass is 9.81. The minimum atomic E-state index is -3.81. The first kappa shape index (κ1) is 37.3. The predicted octanol–water partition coefficient (Wildman–Crippen LogP) is 7.44. The number of nitrogens with zero attached hydrogens (tertiary/aromatic N) is 4. The molecule has 4 heterocycles. The largest absolute Gasteiger partial charge is 0.497 e. The van der Waals surface area contributed by atoms with Crippen molar-refractivity contribution in [3.8, 4) is 17.0 Å². The van der Waals surface area contributed by atoms with Crippen LogP contribution in [0.2, 0.25) is 0 Å². The van der Waals surface area contributed by atoms with E-state index < -0.39 is 21.2 Å². The molecule has 1 unspecified atom stereocenters. The van der Waals surface area contributed by atoms with E-state index in [1.165, 1.54) is 24.8 Å². The summed E-state index contributed by atoms with van der Waals surface area (Å²) >= 11 is 0. The van der Waals surface area contributed by atoms with E-state index >= 15 is 0 Å². The summed E-state index contributed by atoms with van der Waals surface area (Å²) < 4.78 is 43.7. The zero-order valence-electron chi connectivity index (χ0n) is 31.9. The van der Waals surface area contributed by atoms with Crippen LogP contribution in [-0.4, -0.2) is 71.4 Å². The average Bonchev–Trinajstić information content (AvgIpc) is 3.84. The van der Waals surface area contributed by atoms with Gasteiger partial charge in [-0.3, -0.25) is 14.3 Å². The van der Waals surface area contributed by atoms with Gasteiger partial charge in [-0.25, -0.2) is 13.1 Å². The van der Waals surface area contributed by atoms with E-state index in [0.29, 0.717) is 31.2 Å². The standard InChI is InChI=1S/C41H53N5O6S/c1-26(2)46(24-34-13-10-18-51-34)52-25-32-22-42-44(5)39(32)31-19-30-20-33(50-6)15-17-35(30)40-38(28-11-8-7-9-12-28)36-16-14-29(21-37(36)45(40)23-31)41(47)43-53(48,49)27(3)4/h14-17,19-22,26-28,34H,7-13,18,23-25H2,1-6H3,(H,43,47). The Labute approximate surface area is 313 Å². The number of aryl methyl sites for hydroxylation is 1. The van der Waals surface area contributed by atoms with Crippen LogP contribution < -0.4 is 9.46 Å². The van der Waals surface area contributed by atoms with Gasteiger partial charge in [-0.2, -0.15) is 10.2 Å². The first-order valence-electron chi connectivity index (χ1n) is 19.1. The van der Waals surface area contributed by atoms with Crippen LogP contribution in [0.5, 0.6) is 5.75 Å². The topological polar surface area (TPSA) is 117 Å². The van der Waals surface area contributed by atoms with Crippen molar-refractivity contribution in [3.05, 3.63) is 70.5 Å². The van der Waals surface area contributed by atoms with Crippen LogP contribution in [0.1, 0.15) is 111 Å². The number of nitrogens with one attached hydrogen (secondary N) is 1. The summed E-state index contributed by atoms with van der Waals surface area (Å²) in [6.45, 7) is 9.74. The second-order valence-electron chi connectivity index (χ2n) is 15.3. The van der Waals surface area contributed by atoms with E-state index in [9.17, 15) is 13.2 Å². The molecule has 4 aromatic rings. The second-order valence-corrected chi connectivity index (χ2v) is 17.5. The number of ether oxygens (including phenoxy) is 2. The normalized spacial score (nSPS) is 18.1. The number of carbonyl (C=O) groups is 1. The Bertz CT molecular complexity index is 2120. The Morgan fingerprint density at radius 2 is 1.83 bits per heavy atom. The van der Waals surface area contributed by atoms with E-state index in [0.717, 1.165) is 82.6 Å². The minimum Gasteiger partial charge on any atom is -0.497 e. The molecule has 7 rings (SSSR count). The van der Waals surface area contributed by atoms with Crippen molar-refractivity contribution in [1.82, 2.24) is 24.1 Å². The molecular weight excluding hydrogens is 691 g/mol. The molecule has 11 nitrogen and oxygen atoms in total. The predicted molar refractivity (Wildman–Crippen MR) is 208 cm³/mol. The molecule has 1 aliphatic carbocycles. The molecular formula is C41H53N5O6S. The molecule has 53 heavy (non-hydrogen) atoms. The highest BCUT2D eigenvalue weighted by molar-refractivity contribution is 7.90. The number of fused-ring (bicyclic) bond motifs is 5. The van der Waals surface area contributed by atoms with Gasteiger partial charge in [0.2, 0.25) is 10.0 Å². The maximum atomic E-state index is 13.5. The molecule has 2 aliphatic heterocycles. The summed E-state index contributed by atoms with van der Waals surface area (Å²) in [5.74, 6) is 0.490. The van der Waals surface area contributed by atoms with E-state index in [-0.39, 0.29) is 12.1 Å². The highest BCUT2D eigenvalue weighted by Crippen LogP contribution is 2.48. The SMILES string of the molecule is COc1ccc2c(c1)C=C(c1c(CON(CC3CCCO3)C(C)C)cnn1C)Cn1c-2c(C2CCCCC2)c2ccc(C(=O)NS(=O)(=O)C(C)C)cc21. The lowest BCUT2D eigenvalue weighted by molar-refractivity contribution is -0.202. The van der Waals surface area contributed by atoms with Gasteiger partial charge in [-0.1, -0.05) is 25.3 Å². The van der Waals surface area contributed by atoms with Gasteiger partial charge < -0.3 is 14.0 Å². The molecule has 0 bridgehead atoms.